The highest BCUT2D eigenvalue weighted by atomic mass is 16.5. The van der Waals surface area contributed by atoms with Crippen LogP contribution in [0.3, 0.4) is 0 Å². The average Bonchev–Trinajstić information content (AvgIpc) is 3.69. The van der Waals surface area contributed by atoms with Gasteiger partial charge in [-0.1, -0.05) is 39.0 Å². The van der Waals surface area contributed by atoms with Gasteiger partial charge in [0.15, 0.2) is 5.78 Å². The number of amides is 2. The van der Waals surface area contributed by atoms with Gasteiger partial charge >= 0.3 is 0 Å². The lowest BCUT2D eigenvalue weighted by atomic mass is 9.76. The molecule has 9 heteroatoms. The first kappa shape index (κ1) is 26.5. The largest absolute Gasteiger partial charge is 0.378 e. The minimum Gasteiger partial charge on any atom is -0.378 e. The summed E-state index contributed by atoms with van der Waals surface area (Å²) in [6.07, 6.45) is 2.59. The number of ether oxygens (including phenoxy) is 1. The van der Waals surface area contributed by atoms with Crippen molar-refractivity contribution in [3.8, 4) is 0 Å². The summed E-state index contributed by atoms with van der Waals surface area (Å²) in [6.45, 7) is 9.98. The summed E-state index contributed by atoms with van der Waals surface area (Å²) in [7, 11) is 0. The number of hydrogen-bond donors (Lipinski definition) is 1. The molecule has 2 bridgehead atoms. The predicted molar refractivity (Wildman–Crippen MR) is 152 cm³/mol. The van der Waals surface area contributed by atoms with Crippen molar-refractivity contribution in [1.82, 2.24) is 19.8 Å². The van der Waals surface area contributed by atoms with Crippen molar-refractivity contribution in [2.24, 2.45) is 11.3 Å². The van der Waals surface area contributed by atoms with Crippen LogP contribution >= 0.6 is 0 Å². The van der Waals surface area contributed by atoms with E-state index in [4.69, 9.17) is 4.74 Å². The Kier molecular flexibility index (Phi) is 6.86. The van der Waals surface area contributed by atoms with Crippen molar-refractivity contribution in [3.05, 3.63) is 60.0 Å². The van der Waals surface area contributed by atoms with Crippen LogP contribution in [0.2, 0.25) is 0 Å². The number of piperazine rings is 1. The maximum atomic E-state index is 13.9. The molecule has 0 spiro atoms. The first-order chi connectivity index (χ1) is 19.2. The van der Waals surface area contributed by atoms with E-state index in [2.05, 4.69) is 14.9 Å². The number of aromatic nitrogens is 2. The molecule has 2 amide bonds. The van der Waals surface area contributed by atoms with E-state index in [9.17, 15) is 14.4 Å². The molecule has 1 aromatic carbocycles. The quantitative estimate of drug-likeness (QED) is 0.476. The molecule has 0 aliphatic carbocycles. The van der Waals surface area contributed by atoms with Crippen molar-refractivity contribution < 1.29 is 19.1 Å². The molecule has 0 unspecified atom stereocenters. The van der Waals surface area contributed by atoms with Crippen LogP contribution in [-0.2, 0) is 9.53 Å². The van der Waals surface area contributed by atoms with Crippen LogP contribution in [0, 0.1) is 11.3 Å². The van der Waals surface area contributed by atoms with Gasteiger partial charge in [0.1, 0.15) is 5.69 Å². The number of likely N-dealkylation sites (tertiary alicyclic amines) is 2. The van der Waals surface area contributed by atoms with Gasteiger partial charge in [-0.15, -0.1) is 0 Å². The maximum absolute atomic E-state index is 13.9. The lowest BCUT2D eigenvalue weighted by molar-refractivity contribution is -0.141. The molecule has 40 heavy (non-hydrogen) atoms. The minimum atomic E-state index is -0.457. The zero-order chi connectivity index (χ0) is 28.0. The van der Waals surface area contributed by atoms with Crippen molar-refractivity contribution >= 4 is 34.2 Å². The van der Waals surface area contributed by atoms with Gasteiger partial charge in [-0.05, 0) is 36.1 Å². The number of anilines is 1. The van der Waals surface area contributed by atoms with E-state index < -0.39 is 5.92 Å². The number of benzene rings is 1. The van der Waals surface area contributed by atoms with Gasteiger partial charge in [0.05, 0.1) is 36.9 Å². The van der Waals surface area contributed by atoms with Crippen molar-refractivity contribution in [2.45, 2.75) is 45.7 Å². The topological polar surface area (TPSA) is 98.8 Å². The maximum Gasteiger partial charge on any atom is 0.272 e. The van der Waals surface area contributed by atoms with Crippen molar-refractivity contribution in [2.75, 3.05) is 44.3 Å². The number of aromatic amines is 1. The second-order valence-corrected chi connectivity index (χ2v) is 12.3. The van der Waals surface area contributed by atoms with E-state index in [1.54, 1.807) is 6.20 Å². The molecule has 5 heterocycles. The lowest BCUT2D eigenvalue weighted by Crippen LogP contribution is -2.53. The van der Waals surface area contributed by atoms with Crippen LogP contribution in [0.5, 0.6) is 0 Å². The highest BCUT2D eigenvalue weighted by Gasteiger charge is 2.50. The molecule has 3 aliphatic rings. The SMILES string of the molecule is CC(C)(C)[C@H](CC(=O)c1cc2ccccc2[nH]1)C(=O)N1C[C@@H]2C[C@H]1CN2C(=O)c1cc(N2CCOCC2)ccn1. The predicted octanol–water partition coefficient (Wildman–Crippen LogP) is 3.76. The van der Waals surface area contributed by atoms with Crippen LogP contribution in [0.1, 0.15) is 54.6 Å². The van der Waals surface area contributed by atoms with Gasteiger partial charge in [0.2, 0.25) is 5.91 Å². The summed E-state index contributed by atoms with van der Waals surface area (Å²) >= 11 is 0. The summed E-state index contributed by atoms with van der Waals surface area (Å²) in [5, 5.41) is 0.982. The Hall–Kier alpha value is -3.72. The van der Waals surface area contributed by atoms with Crippen LogP contribution in [0.4, 0.5) is 5.69 Å². The number of ketones is 1. The zero-order valence-electron chi connectivity index (χ0n) is 23.4. The number of fused-ring (bicyclic) bond motifs is 3. The fraction of sp³-hybridized carbons (Fsp3) is 0.484. The number of rotatable bonds is 6. The normalized spacial score (nSPS) is 21.7. The number of Topliss-reactive ketones (excluding diaryl/α,β-unsaturated/α-hetero) is 1. The number of carbonyl (C=O) groups is 3. The van der Waals surface area contributed by atoms with Crippen LogP contribution in [0.25, 0.3) is 10.9 Å². The van der Waals surface area contributed by atoms with Crippen molar-refractivity contribution in [1.29, 1.82) is 0 Å². The molecular formula is C31H37N5O4. The fourth-order valence-electron chi connectivity index (χ4n) is 6.37. The molecular weight excluding hydrogens is 506 g/mol. The van der Waals surface area contributed by atoms with Gasteiger partial charge in [-0.3, -0.25) is 19.4 Å². The Morgan fingerprint density at radius 2 is 1.75 bits per heavy atom. The Morgan fingerprint density at radius 3 is 2.45 bits per heavy atom. The van der Waals surface area contributed by atoms with E-state index >= 15 is 0 Å². The van der Waals surface area contributed by atoms with Gasteiger partial charge in [0, 0.05) is 55.4 Å². The molecule has 3 aromatic rings. The third-order valence-corrected chi connectivity index (χ3v) is 8.69. The lowest BCUT2D eigenvalue weighted by Gasteiger charge is -2.39. The fourth-order valence-corrected chi connectivity index (χ4v) is 6.37. The molecule has 3 aliphatic heterocycles. The minimum absolute atomic E-state index is 0.00370. The van der Waals surface area contributed by atoms with Crippen LogP contribution in [-0.4, -0.2) is 88.8 Å². The third kappa shape index (κ3) is 4.98. The van der Waals surface area contributed by atoms with Gasteiger partial charge in [-0.2, -0.15) is 0 Å². The molecule has 3 saturated heterocycles. The molecule has 3 atom stereocenters. The van der Waals surface area contributed by atoms with Gasteiger partial charge in [0.25, 0.3) is 5.91 Å². The average molecular weight is 544 g/mol. The molecule has 0 saturated carbocycles. The molecule has 210 valence electrons. The number of pyridine rings is 1. The number of morpholine rings is 1. The molecule has 3 fully saturated rings. The first-order valence-electron chi connectivity index (χ1n) is 14.2. The number of nitrogens with zero attached hydrogens (tertiary/aromatic N) is 4. The monoisotopic (exact) mass is 543 g/mol. The van der Waals surface area contributed by atoms with E-state index in [1.807, 2.05) is 73.0 Å². The molecule has 0 radical (unpaired) electrons. The zero-order valence-corrected chi connectivity index (χ0v) is 23.4. The summed E-state index contributed by atoms with van der Waals surface area (Å²) in [4.78, 5) is 54.3. The number of hydrogen-bond acceptors (Lipinski definition) is 6. The second kappa shape index (κ2) is 10.4. The van der Waals surface area contributed by atoms with E-state index in [0.29, 0.717) is 37.7 Å². The number of para-hydroxylation sites is 1. The number of H-pyrrole nitrogens is 1. The van der Waals surface area contributed by atoms with Gasteiger partial charge in [-0.25, -0.2) is 0 Å². The number of carbonyl (C=O) groups excluding carboxylic acids is 3. The summed E-state index contributed by atoms with van der Waals surface area (Å²) < 4.78 is 5.45. The Morgan fingerprint density at radius 1 is 1.02 bits per heavy atom. The highest BCUT2D eigenvalue weighted by Crippen LogP contribution is 2.38. The number of nitrogens with one attached hydrogen (secondary N) is 1. The molecule has 2 aromatic heterocycles. The van der Waals surface area contributed by atoms with Crippen molar-refractivity contribution in [3.63, 3.8) is 0 Å². The third-order valence-electron chi connectivity index (χ3n) is 8.69. The summed E-state index contributed by atoms with van der Waals surface area (Å²) in [5.74, 6) is -0.598. The molecule has 1 N–H and O–H groups in total. The molecule has 9 nitrogen and oxygen atoms in total. The smallest absolute Gasteiger partial charge is 0.272 e. The summed E-state index contributed by atoms with van der Waals surface area (Å²) in [5.41, 5.74) is 2.48. The standard InChI is InChI=1S/C31H37N5O4/c1-31(2,3)24(17-28(37)26-14-20-6-4-5-7-25(20)33-26)29(38)35-18-23-15-22(35)19-36(23)30(39)27-16-21(8-9-32-27)34-10-12-40-13-11-34/h4-9,14,16,22-24,33H,10-13,15,17-19H2,1-3H3/t22-,23-,24+/m0/s1. The van der Waals surface area contributed by atoms with Crippen LogP contribution < -0.4 is 4.90 Å². The highest BCUT2D eigenvalue weighted by molar-refractivity contribution is 6.01. The first-order valence-corrected chi connectivity index (χ1v) is 14.2. The van der Waals surface area contributed by atoms with E-state index in [-0.39, 0.29) is 41.5 Å². The van der Waals surface area contributed by atoms with E-state index in [1.165, 1.54) is 0 Å². The van der Waals surface area contributed by atoms with E-state index in [0.717, 1.165) is 36.1 Å². The Labute approximate surface area is 234 Å². The summed E-state index contributed by atoms with van der Waals surface area (Å²) in [6, 6.07) is 13.4. The second-order valence-electron chi connectivity index (χ2n) is 12.3. The van der Waals surface area contributed by atoms with Crippen LogP contribution in [0.15, 0.2) is 48.7 Å². The van der Waals surface area contributed by atoms with Gasteiger partial charge < -0.3 is 24.4 Å². The Bertz CT molecular complexity index is 1400. The Balaban J connectivity index is 1.13. The molecule has 6 rings (SSSR count).